The number of hydrogen-bond donors (Lipinski definition) is 3. The summed E-state index contributed by atoms with van der Waals surface area (Å²) in [6.45, 7) is 5.31. The lowest BCUT2D eigenvalue weighted by Gasteiger charge is -2.38. The summed E-state index contributed by atoms with van der Waals surface area (Å²) in [6, 6.07) is 5.49. The van der Waals surface area contributed by atoms with Crippen LogP contribution in [0.1, 0.15) is 52.0 Å². The number of rotatable bonds is 6. The van der Waals surface area contributed by atoms with Crippen molar-refractivity contribution < 1.29 is 29.0 Å². The highest BCUT2D eigenvalue weighted by Crippen LogP contribution is 2.51. The number of carbonyl (C=O) groups is 3. The summed E-state index contributed by atoms with van der Waals surface area (Å²) in [6.07, 6.45) is 2.83. The predicted molar refractivity (Wildman–Crippen MR) is 113 cm³/mol. The minimum Gasteiger partial charge on any atom is -0.508 e. The van der Waals surface area contributed by atoms with Crippen LogP contribution in [0, 0.1) is 11.8 Å². The topological polar surface area (TPSA) is 114 Å². The maximum atomic E-state index is 13.5. The molecule has 170 valence electrons. The summed E-state index contributed by atoms with van der Waals surface area (Å²) in [7, 11) is 1.27. The number of hydrogen-bond acceptors (Lipinski definition) is 6. The zero-order valence-corrected chi connectivity index (χ0v) is 18.6. The molecule has 0 spiro atoms. The number of ether oxygens (including phenoxy) is 2. The Morgan fingerprint density at radius 1 is 1.19 bits per heavy atom. The maximum absolute atomic E-state index is 13.5. The Balaban J connectivity index is 1.79. The van der Waals surface area contributed by atoms with E-state index < -0.39 is 29.2 Å². The molecular weight excluding hydrogens is 400 g/mol. The van der Waals surface area contributed by atoms with Gasteiger partial charge in [-0.05, 0) is 76.0 Å². The molecule has 8 nitrogen and oxygen atoms in total. The van der Waals surface area contributed by atoms with Crippen LogP contribution >= 0.6 is 0 Å². The highest BCUT2D eigenvalue weighted by Gasteiger charge is 2.57. The second-order valence-electron chi connectivity index (χ2n) is 9.60. The summed E-state index contributed by atoms with van der Waals surface area (Å²) in [5, 5.41) is 15.2. The summed E-state index contributed by atoms with van der Waals surface area (Å²) in [5.41, 5.74) is -1.03. The molecule has 3 N–H and O–H groups in total. The number of esters is 1. The van der Waals surface area contributed by atoms with Gasteiger partial charge in [0.25, 0.3) is 0 Å². The molecule has 2 fully saturated rings. The van der Waals surface area contributed by atoms with E-state index in [0.717, 1.165) is 24.8 Å². The highest BCUT2D eigenvalue weighted by atomic mass is 16.6. The maximum Gasteiger partial charge on any atom is 0.408 e. The number of nitrogens with one attached hydrogen (secondary N) is 2. The minimum atomic E-state index is -1.10. The van der Waals surface area contributed by atoms with Crippen molar-refractivity contribution in [1.29, 1.82) is 0 Å². The quantitative estimate of drug-likeness (QED) is 0.596. The average Bonchev–Trinajstić information content (AvgIpc) is 3.28. The van der Waals surface area contributed by atoms with Gasteiger partial charge in [-0.15, -0.1) is 0 Å². The molecule has 2 bridgehead atoms. The van der Waals surface area contributed by atoms with E-state index in [1.165, 1.54) is 19.2 Å². The molecule has 31 heavy (non-hydrogen) atoms. The van der Waals surface area contributed by atoms with Gasteiger partial charge < -0.3 is 25.2 Å². The zero-order chi connectivity index (χ0) is 22.8. The van der Waals surface area contributed by atoms with Gasteiger partial charge in [0, 0.05) is 6.42 Å². The molecule has 1 aromatic carbocycles. The van der Waals surface area contributed by atoms with Crippen molar-refractivity contribution in [2.45, 2.75) is 70.1 Å². The Morgan fingerprint density at radius 3 is 2.39 bits per heavy atom. The molecule has 2 saturated carbocycles. The van der Waals surface area contributed by atoms with Crippen molar-refractivity contribution in [2.75, 3.05) is 7.11 Å². The van der Waals surface area contributed by atoms with E-state index in [9.17, 15) is 19.5 Å². The molecule has 2 aliphatic rings. The fourth-order valence-electron chi connectivity index (χ4n) is 4.79. The van der Waals surface area contributed by atoms with Crippen LogP contribution in [0.15, 0.2) is 24.3 Å². The molecule has 2 amide bonds. The summed E-state index contributed by atoms with van der Waals surface area (Å²) in [5.74, 6) is -0.488. The van der Waals surface area contributed by atoms with Crippen molar-refractivity contribution in [3.63, 3.8) is 0 Å². The van der Waals surface area contributed by atoms with E-state index in [1.54, 1.807) is 32.9 Å². The van der Waals surface area contributed by atoms with Gasteiger partial charge >= 0.3 is 12.1 Å². The van der Waals surface area contributed by atoms with E-state index in [2.05, 4.69) is 10.6 Å². The van der Waals surface area contributed by atoms with Gasteiger partial charge in [0.2, 0.25) is 5.91 Å². The number of alkyl carbamates (subject to hydrolysis) is 1. The van der Waals surface area contributed by atoms with Crippen LogP contribution < -0.4 is 10.6 Å². The molecule has 1 aromatic rings. The number of fused-ring (bicyclic) bond motifs is 2. The second kappa shape index (κ2) is 8.77. The molecular formula is C23H32N2O6. The Labute approximate surface area is 182 Å². The van der Waals surface area contributed by atoms with Gasteiger partial charge in [-0.2, -0.15) is 0 Å². The van der Waals surface area contributed by atoms with E-state index in [0.29, 0.717) is 12.3 Å². The molecule has 3 rings (SSSR count). The van der Waals surface area contributed by atoms with Gasteiger partial charge in [0.15, 0.2) is 0 Å². The van der Waals surface area contributed by atoms with Gasteiger partial charge in [0.05, 0.1) is 7.11 Å². The molecule has 2 aliphatic carbocycles. The zero-order valence-electron chi connectivity index (χ0n) is 18.6. The predicted octanol–water partition coefficient (Wildman–Crippen LogP) is 2.68. The number of carbonyl (C=O) groups excluding carboxylic acids is 3. The van der Waals surface area contributed by atoms with Crippen molar-refractivity contribution in [1.82, 2.24) is 10.6 Å². The van der Waals surface area contributed by atoms with Crippen LogP contribution in [0.25, 0.3) is 0 Å². The van der Waals surface area contributed by atoms with Gasteiger partial charge in [-0.1, -0.05) is 12.1 Å². The second-order valence-corrected chi connectivity index (χ2v) is 9.60. The number of phenolic OH excluding ortho intramolecular Hbond substituents is 1. The molecule has 8 heteroatoms. The normalized spacial score (nSPS) is 25.5. The molecule has 0 saturated heterocycles. The summed E-state index contributed by atoms with van der Waals surface area (Å²) in [4.78, 5) is 38.5. The van der Waals surface area contributed by atoms with Crippen LogP contribution in [0.4, 0.5) is 4.79 Å². The molecule has 0 aromatic heterocycles. The number of phenols is 1. The smallest absolute Gasteiger partial charge is 0.408 e. The van der Waals surface area contributed by atoms with E-state index in [-0.39, 0.29) is 24.0 Å². The third-order valence-corrected chi connectivity index (χ3v) is 6.15. The first kappa shape index (κ1) is 22.9. The Kier molecular flexibility index (Phi) is 6.48. The van der Waals surface area contributed by atoms with Crippen LogP contribution in [-0.4, -0.2) is 47.4 Å². The lowest BCUT2D eigenvalue weighted by atomic mass is 9.80. The lowest BCUT2D eigenvalue weighted by Crippen LogP contribution is -2.64. The Bertz CT molecular complexity index is 831. The first-order chi connectivity index (χ1) is 14.5. The highest BCUT2D eigenvalue weighted by molar-refractivity contribution is 5.94. The SMILES string of the molecule is COC(=O)[C@H](Cc1ccc(O)cc1)NC(=O)C1(NC(=O)OC(C)(C)C)C[C@@H]2CC[C@H]1C2. The molecule has 4 atom stereocenters. The Hall–Kier alpha value is -2.77. The van der Waals surface area contributed by atoms with Crippen LogP contribution in [0.2, 0.25) is 0 Å². The fourth-order valence-corrected chi connectivity index (χ4v) is 4.79. The lowest BCUT2D eigenvalue weighted by molar-refractivity contribution is -0.146. The first-order valence-electron chi connectivity index (χ1n) is 10.7. The minimum absolute atomic E-state index is 0.00279. The number of amides is 2. The average molecular weight is 433 g/mol. The van der Waals surface area contributed by atoms with E-state index in [1.807, 2.05) is 0 Å². The fraction of sp³-hybridized carbons (Fsp3) is 0.609. The van der Waals surface area contributed by atoms with Gasteiger partial charge in [-0.25, -0.2) is 9.59 Å². The monoisotopic (exact) mass is 432 g/mol. The summed E-state index contributed by atoms with van der Waals surface area (Å²) < 4.78 is 10.3. The van der Waals surface area contributed by atoms with Gasteiger partial charge in [0.1, 0.15) is 22.9 Å². The van der Waals surface area contributed by atoms with Crippen LogP contribution in [-0.2, 0) is 25.5 Å². The number of methoxy groups -OCH3 is 1. The van der Waals surface area contributed by atoms with Gasteiger partial charge in [-0.3, -0.25) is 4.79 Å². The van der Waals surface area contributed by atoms with Crippen molar-refractivity contribution in [3.05, 3.63) is 29.8 Å². The Morgan fingerprint density at radius 2 is 1.87 bits per heavy atom. The summed E-state index contributed by atoms with van der Waals surface area (Å²) >= 11 is 0. The van der Waals surface area contributed by atoms with E-state index >= 15 is 0 Å². The number of aromatic hydroxyl groups is 1. The first-order valence-corrected chi connectivity index (χ1v) is 10.7. The third kappa shape index (κ3) is 5.29. The molecule has 0 radical (unpaired) electrons. The van der Waals surface area contributed by atoms with Crippen molar-refractivity contribution >= 4 is 18.0 Å². The van der Waals surface area contributed by atoms with E-state index in [4.69, 9.17) is 9.47 Å². The van der Waals surface area contributed by atoms with Crippen LogP contribution in [0.5, 0.6) is 5.75 Å². The standard InChI is InChI=1S/C23H32N2O6/c1-22(2,3)31-21(29)25-23(13-15-5-8-16(23)11-15)20(28)24-18(19(27)30-4)12-14-6-9-17(26)10-7-14/h6-7,9-10,15-16,18,26H,5,8,11-13H2,1-4H3,(H,24,28)(H,25,29)/t15-,16+,18+,23?/m1/s1. The third-order valence-electron chi connectivity index (χ3n) is 6.15. The van der Waals surface area contributed by atoms with Crippen molar-refractivity contribution in [3.8, 4) is 5.75 Å². The number of benzene rings is 1. The van der Waals surface area contributed by atoms with Crippen molar-refractivity contribution in [2.24, 2.45) is 11.8 Å². The van der Waals surface area contributed by atoms with Crippen LogP contribution in [0.3, 0.4) is 0 Å². The largest absolute Gasteiger partial charge is 0.508 e. The molecule has 1 unspecified atom stereocenters. The molecule has 0 aliphatic heterocycles. The molecule has 0 heterocycles.